The molecule has 0 saturated heterocycles. The van der Waals surface area contributed by atoms with Crippen molar-refractivity contribution >= 4 is 0 Å². The van der Waals surface area contributed by atoms with Gasteiger partial charge in [-0.15, -0.1) is 0 Å². The van der Waals surface area contributed by atoms with Gasteiger partial charge in [0.25, 0.3) is 0 Å². The molecule has 1 aliphatic heterocycles. The Balaban J connectivity index is 2.67. The molecule has 0 bridgehead atoms. The first-order valence-electron chi connectivity index (χ1n) is 3.51. The Bertz CT molecular complexity index is 170. The molecule has 0 spiro atoms. The molecule has 0 fully saturated rings. The van der Waals surface area contributed by atoms with E-state index in [9.17, 15) is 0 Å². The fourth-order valence-electron chi connectivity index (χ4n) is 0.996. The maximum atomic E-state index is 3.93. The molecule has 0 N–H and O–H groups in total. The topological polar surface area (TPSA) is 6.48 Å². The van der Waals surface area contributed by atoms with Crippen molar-refractivity contribution in [3.8, 4) is 0 Å². The molecule has 2 nitrogen and oxygen atoms in total. The first-order valence-corrected chi connectivity index (χ1v) is 3.51. The molecule has 0 amide bonds. The molecule has 0 aromatic rings. The van der Waals surface area contributed by atoms with E-state index < -0.39 is 0 Å². The van der Waals surface area contributed by atoms with Crippen molar-refractivity contribution in [1.29, 1.82) is 0 Å². The highest BCUT2D eigenvalue weighted by Crippen LogP contribution is 2.17. The van der Waals surface area contributed by atoms with Gasteiger partial charge in [0.2, 0.25) is 0 Å². The Morgan fingerprint density at radius 1 is 1.40 bits per heavy atom. The van der Waals surface area contributed by atoms with Crippen LogP contribution in [0.1, 0.15) is 13.8 Å². The molecule has 2 heteroatoms. The second kappa shape index (κ2) is 2.37. The van der Waals surface area contributed by atoms with Crippen molar-refractivity contribution in [2.45, 2.75) is 19.9 Å². The molecule has 0 saturated carbocycles. The molecule has 0 atom stereocenters. The maximum Gasteiger partial charge on any atom is 0.105 e. The van der Waals surface area contributed by atoms with E-state index in [4.69, 9.17) is 0 Å². The summed E-state index contributed by atoms with van der Waals surface area (Å²) in [6.45, 7) is 8.22. The Kier molecular flexibility index (Phi) is 1.70. The zero-order chi connectivity index (χ0) is 7.72. The quantitative estimate of drug-likeness (QED) is 0.543. The number of hydrogen-bond donors (Lipinski definition) is 0. The van der Waals surface area contributed by atoms with Crippen molar-refractivity contribution in [3.63, 3.8) is 0 Å². The average Bonchev–Trinajstić information content (AvgIpc) is 2.14. The highest BCUT2D eigenvalue weighted by molar-refractivity contribution is 5.10. The van der Waals surface area contributed by atoms with Crippen LogP contribution >= 0.6 is 0 Å². The molecule has 0 unspecified atom stereocenters. The Morgan fingerprint density at radius 2 is 2.00 bits per heavy atom. The lowest BCUT2D eigenvalue weighted by molar-refractivity contribution is 0.340. The smallest absolute Gasteiger partial charge is 0.105 e. The number of nitrogens with zero attached hydrogens (tertiary/aromatic N) is 2. The molecule has 0 aromatic carbocycles. The summed E-state index contributed by atoms with van der Waals surface area (Å²) < 4.78 is 0. The molecule has 56 valence electrons. The van der Waals surface area contributed by atoms with Crippen LogP contribution in [-0.2, 0) is 0 Å². The first-order chi connectivity index (χ1) is 4.63. The molecule has 10 heavy (non-hydrogen) atoms. The Hall–Kier alpha value is -0.920. The Morgan fingerprint density at radius 3 is 2.20 bits per heavy atom. The van der Waals surface area contributed by atoms with E-state index in [0.717, 1.165) is 5.82 Å². The molecular weight excluding hydrogens is 124 g/mol. The van der Waals surface area contributed by atoms with Gasteiger partial charge in [-0.25, -0.2) is 0 Å². The Labute approximate surface area is 62.4 Å². The number of hydrogen-bond acceptors (Lipinski definition) is 2. The van der Waals surface area contributed by atoms with Crippen LogP contribution in [0.5, 0.6) is 0 Å². The fraction of sp³-hybridized carbons (Fsp3) is 0.500. The summed E-state index contributed by atoms with van der Waals surface area (Å²) in [5.41, 5.74) is 0. The molecule has 1 heterocycles. The second-order valence-electron chi connectivity index (χ2n) is 2.83. The van der Waals surface area contributed by atoms with Gasteiger partial charge in [-0.2, -0.15) is 0 Å². The van der Waals surface area contributed by atoms with Crippen LogP contribution in [0.25, 0.3) is 0 Å². The van der Waals surface area contributed by atoms with Crippen molar-refractivity contribution in [2.24, 2.45) is 0 Å². The van der Waals surface area contributed by atoms with Crippen molar-refractivity contribution in [3.05, 3.63) is 24.8 Å². The highest BCUT2D eigenvalue weighted by atomic mass is 15.4. The minimum absolute atomic E-state index is 0.508. The van der Waals surface area contributed by atoms with E-state index in [1.165, 1.54) is 0 Å². The van der Waals surface area contributed by atoms with Gasteiger partial charge in [-0.05, 0) is 13.8 Å². The van der Waals surface area contributed by atoms with Crippen LogP contribution in [0.2, 0.25) is 0 Å². The third kappa shape index (κ3) is 1.01. The number of rotatable bonds is 1. The molecular formula is C8H14N2. The monoisotopic (exact) mass is 138 g/mol. The average molecular weight is 138 g/mol. The van der Waals surface area contributed by atoms with Crippen LogP contribution in [0.15, 0.2) is 24.8 Å². The molecule has 1 rings (SSSR count). The van der Waals surface area contributed by atoms with Gasteiger partial charge in [0.1, 0.15) is 5.82 Å². The normalized spacial score (nSPS) is 17.8. The van der Waals surface area contributed by atoms with E-state index in [2.05, 4.69) is 25.3 Å². The molecule has 0 aliphatic carbocycles. The predicted octanol–water partition coefficient (Wildman–Crippen LogP) is 1.58. The van der Waals surface area contributed by atoms with Crippen molar-refractivity contribution in [1.82, 2.24) is 9.80 Å². The summed E-state index contributed by atoms with van der Waals surface area (Å²) in [5, 5.41) is 0. The highest BCUT2D eigenvalue weighted by Gasteiger charge is 2.15. The van der Waals surface area contributed by atoms with Crippen LogP contribution < -0.4 is 0 Å². The lowest BCUT2D eigenvalue weighted by atomic mass is 10.3. The molecule has 0 aromatic heterocycles. The van der Waals surface area contributed by atoms with E-state index in [0.29, 0.717) is 6.04 Å². The lowest BCUT2D eigenvalue weighted by Crippen LogP contribution is -2.25. The van der Waals surface area contributed by atoms with Gasteiger partial charge in [0, 0.05) is 25.5 Å². The van der Waals surface area contributed by atoms with Crippen LogP contribution in [0.4, 0.5) is 0 Å². The summed E-state index contributed by atoms with van der Waals surface area (Å²) >= 11 is 0. The van der Waals surface area contributed by atoms with Gasteiger partial charge < -0.3 is 9.80 Å². The zero-order valence-corrected chi connectivity index (χ0v) is 6.83. The first kappa shape index (κ1) is 7.19. The fourth-order valence-corrected chi connectivity index (χ4v) is 0.996. The standard InChI is InChI=1S/C8H14N2/c1-7(2)10-6-5-9(4)8(10)3/h5-7H,3H2,1-2,4H3. The van der Waals surface area contributed by atoms with Gasteiger partial charge in [-0.3, -0.25) is 0 Å². The van der Waals surface area contributed by atoms with Gasteiger partial charge in [0.05, 0.1) is 0 Å². The third-order valence-electron chi connectivity index (χ3n) is 1.71. The second-order valence-corrected chi connectivity index (χ2v) is 2.83. The summed E-state index contributed by atoms with van der Waals surface area (Å²) in [5.74, 6) is 1.05. The van der Waals surface area contributed by atoms with Crippen LogP contribution in [0, 0.1) is 0 Å². The van der Waals surface area contributed by atoms with Crippen molar-refractivity contribution in [2.75, 3.05) is 7.05 Å². The van der Waals surface area contributed by atoms with E-state index in [-0.39, 0.29) is 0 Å². The van der Waals surface area contributed by atoms with Crippen molar-refractivity contribution < 1.29 is 0 Å². The van der Waals surface area contributed by atoms with E-state index in [1.807, 2.05) is 24.3 Å². The minimum Gasteiger partial charge on any atom is -0.337 e. The van der Waals surface area contributed by atoms with Gasteiger partial charge >= 0.3 is 0 Å². The minimum atomic E-state index is 0.508. The summed E-state index contributed by atoms with van der Waals surface area (Å²) in [6, 6.07) is 0.508. The third-order valence-corrected chi connectivity index (χ3v) is 1.71. The van der Waals surface area contributed by atoms with Gasteiger partial charge in [-0.1, -0.05) is 6.58 Å². The largest absolute Gasteiger partial charge is 0.337 e. The molecule has 0 radical (unpaired) electrons. The van der Waals surface area contributed by atoms with Crippen LogP contribution in [0.3, 0.4) is 0 Å². The summed E-state index contributed by atoms with van der Waals surface area (Å²) in [4.78, 5) is 4.15. The van der Waals surface area contributed by atoms with E-state index >= 15 is 0 Å². The SMILES string of the molecule is C=C1N(C)C=CN1C(C)C. The zero-order valence-electron chi connectivity index (χ0n) is 6.83. The van der Waals surface area contributed by atoms with Crippen LogP contribution in [-0.4, -0.2) is 22.9 Å². The summed E-state index contributed by atoms with van der Waals surface area (Å²) in [7, 11) is 2.00. The maximum absolute atomic E-state index is 3.93. The van der Waals surface area contributed by atoms with E-state index in [1.54, 1.807) is 0 Å². The predicted molar refractivity (Wildman–Crippen MR) is 43.0 cm³/mol. The lowest BCUT2D eigenvalue weighted by Gasteiger charge is -2.24. The van der Waals surface area contributed by atoms with Gasteiger partial charge in [0.15, 0.2) is 0 Å². The summed E-state index contributed by atoms with van der Waals surface area (Å²) in [6.07, 6.45) is 4.06. The molecule has 1 aliphatic rings.